The first-order chi connectivity index (χ1) is 7.59. The maximum atomic E-state index is 11.7. The third-order valence-corrected chi connectivity index (χ3v) is 3.51. The van der Waals surface area contributed by atoms with Crippen LogP contribution in [0.1, 0.15) is 6.92 Å². The molecule has 0 spiro atoms. The molecule has 0 unspecified atom stereocenters. The summed E-state index contributed by atoms with van der Waals surface area (Å²) in [6, 6.07) is 0.435. The van der Waals surface area contributed by atoms with Crippen molar-refractivity contribution in [2.45, 2.75) is 13.0 Å². The van der Waals surface area contributed by atoms with Gasteiger partial charge in [0.25, 0.3) is 5.56 Å². The van der Waals surface area contributed by atoms with Gasteiger partial charge in [-0.15, -0.1) is 0 Å². The Labute approximate surface area is 103 Å². The number of hydrogen-bond acceptors (Lipinski definition) is 4. The summed E-state index contributed by atoms with van der Waals surface area (Å²) in [5.41, 5.74) is 0.792. The smallest absolute Gasteiger partial charge is 0.282 e. The summed E-state index contributed by atoms with van der Waals surface area (Å²) in [5, 5.41) is 7.42. The molecular weight excluding hydrogens is 272 g/mol. The standard InChI is InChI=1S/C10H15BrN4O/c1-7-6-15(4-3-12-7)8-5-13-14(2)10(16)9(8)11/h5,7,12H,3-4,6H2,1-2H3/t7-/m0/s1. The minimum absolute atomic E-state index is 0.0938. The van der Waals surface area contributed by atoms with Crippen LogP contribution in [-0.2, 0) is 7.05 Å². The van der Waals surface area contributed by atoms with E-state index in [0.29, 0.717) is 10.5 Å². The van der Waals surface area contributed by atoms with Gasteiger partial charge in [-0.2, -0.15) is 5.10 Å². The maximum Gasteiger partial charge on any atom is 0.282 e. The van der Waals surface area contributed by atoms with E-state index in [4.69, 9.17) is 0 Å². The molecule has 0 saturated carbocycles. The van der Waals surface area contributed by atoms with Gasteiger partial charge >= 0.3 is 0 Å². The van der Waals surface area contributed by atoms with Crippen LogP contribution in [0.2, 0.25) is 0 Å². The van der Waals surface area contributed by atoms with Gasteiger partial charge in [0, 0.05) is 32.7 Å². The number of aryl methyl sites for hydroxylation is 1. The number of anilines is 1. The van der Waals surface area contributed by atoms with Crippen molar-refractivity contribution < 1.29 is 0 Å². The Hall–Kier alpha value is -0.880. The Morgan fingerprint density at radius 3 is 3.06 bits per heavy atom. The number of piperazine rings is 1. The molecule has 2 rings (SSSR count). The van der Waals surface area contributed by atoms with Gasteiger partial charge in [0.2, 0.25) is 0 Å². The van der Waals surface area contributed by atoms with Gasteiger partial charge < -0.3 is 10.2 Å². The summed E-state index contributed by atoms with van der Waals surface area (Å²) < 4.78 is 1.93. The molecule has 2 heterocycles. The van der Waals surface area contributed by atoms with E-state index in [-0.39, 0.29) is 5.56 Å². The minimum atomic E-state index is -0.0938. The van der Waals surface area contributed by atoms with Crippen molar-refractivity contribution in [3.05, 3.63) is 21.0 Å². The average Bonchev–Trinajstić information content (AvgIpc) is 2.26. The monoisotopic (exact) mass is 286 g/mol. The van der Waals surface area contributed by atoms with E-state index in [1.54, 1.807) is 13.2 Å². The highest BCUT2D eigenvalue weighted by Crippen LogP contribution is 2.22. The number of nitrogens with zero attached hydrogens (tertiary/aromatic N) is 3. The molecule has 5 nitrogen and oxygen atoms in total. The van der Waals surface area contributed by atoms with Crippen molar-refractivity contribution >= 4 is 21.6 Å². The van der Waals surface area contributed by atoms with Gasteiger partial charge in [0.15, 0.2) is 0 Å². The Morgan fingerprint density at radius 1 is 1.62 bits per heavy atom. The van der Waals surface area contributed by atoms with E-state index in [1.807, 2.05) is 0 Å². The Balaban J connectivity index is 2.33. The fourth-order valence-electron chi connectivity index (χ4n) is 1.87. The highest BCUT2D eigenvalue weighted by Gasteiger charge is 2.19. The number of rotatable bonds is 1. The van der Waals surface area contributed by atoms with Crippen LogP contribution in [0.3, 0.4) is 0 Å². The van der Waals surface area contributed by atoms with Crippen LogP contribution < -0.4 is 15.8 Å². The SMILES string of the molecule is C[C@H]1CN(c2cnn(C)c(=O)c2Br)CCN1. The number of nitrogens with one attached hydrogen (secondary N) is 1. The number of hydrogen-bond donors (Lipinski definition) is 1. The molecule has 1 aliphatic heterocycles. The summed E-state index contributed by atoms with van der Waals surface area (Å²) in [5.74, 6) is 0. The zero-order valence-electron chi connectivity index (χ0n) is 9.40. The lowest BCUT2D eigenvalue weighted by Gasteiger charge is -2.33. The molecule has 1 saturated heterocycles. The quantitative estimate of drug-likeness (QED) is 0.809. The third-order valence-electron chi connectivity index (χ3n) is 2.77. The molecule has 0 aliphatic carbocycles. The predicted octanol–water partition coefficient (Wildman–Crippen LogP) is 0.341. The second kappa shape index (κ2) is 4.55. The van der Waals surface area contributed by atoms with Crippen molar-refractivity contribution in [1.29, 1.82) is 0 Å². The lowest BCUT2D eigenvalue weighted by molar-refractivity contribution is 0.483. The first-order valence-corrected chi connectivity index (χ1v) is 6.09. The van der Waals surface area contributed by atoms with Crippen molar-refractivity contribution in [1.82, 2.24) is 15.1 Å². The molecule has 0 aromatic carbocycles. The van der Waals surface area contributed by atoms with Crippen molar-refractivity contribution in [2.75, 3.05) is 24.5 Å². The van der Waals surface area contributed by atoms with Crippen LogP contribution in [0.25, 0.3) is 0 Å². The zero-order valence-corrected chi connectivity index (χ0v) is 11.0. The average molecular weight is 287 g/mol. The van der Waals surface area contributed by atoms with Gasteiger partial charge in [0.1, 0.15) is 4.47 Å². The molecule has 1 aromatic heterocycles. The molecule has 1 fully saturated rings. The second-order valence-corrected chi connectivity index (χ2v) is 4.87. The highest BCUT2D eigenvalue weighted by molar-refractivity contribution is 9.10. The topological polar surface area (TPSA) is 50.2 Å². The van der Waals surface area contributed by atoms with Crippen LogP contribution in [0.4, 0.5) is 5.69 Å². The molecule has 1 N–H and O–H groups in total. The van der Waals surface area contributed by atoms with E-state index in [1.165, 1.54) is 4.68 Å². The Kier molecular flexibility index (Phi) is 3.30. The lowest BCUT2D eigenvalue weighted by Crippen LogP contribution is -2.49. The molecular formula is C10H15BrN4O. The fraction of sp³-hybridized carbons (Fsp3) is 0.600. The molecule has 88 valence electrons. The summed E-state index contributed by atoms with van der Waals surface area (Å²) in [4.78, 5) is 13.9. The molecule has 6 heteroatoms. The van der Waals surface area contributed by atoms with Gasteiger partial charge in [-0.3, -0.25) is 4.79 Å². The molecule has 1 aromatic rings. The minimum Gasteiger partial charge on any atom is -0.366 e. The lowest BCUT2D eigenvalue weighted by atomic mass is 10.2. The van der Waals surface area contributed by atoms with E-state index < -0.39 is 0 Å². The first kappa shape index (κ1) is 11.6. The largest absolute Gasteiger partial charge is 0.366 e. The van der Waals surface area contributed by atoms with Crippen LogP contribution >= 0.6 is 15.9 Å². The van der Waals surface area contributed by atoms with E-state index in [9.17, 15) is 4.79 Å². The van der Waals surface area contributed by atoms with Gasteiger partial charge in [-0.1, -0.05) is 0 Å². The van der Waals surface area contributed by atoms with Crippen LogP contribution in [0.5, 0.6) is 0 Å². The van der Waals surface area contributed by atoms with E-state index in [0.717, 1.165) is 25.3 Å². The third kappa shape index (κ3) is 2.12. The molecule has 0 radical (unpaired) electrons. The molecule has 1 aliphatic rings. The molecule has 1 atom stereocenters. The Bertz CT molecular complexity index is 445. The van der Waals surface area contributed by atoms with Crippen molar-refractivity contribution in [3.8, 4) is 0 Å². The van der Waals surface area contributed by atoms with Crippen LogP contribution in [0.15, 0.2) is 15.5 Å². The highest BCUT2D eigenvalue weighted by atomic mass is 79.9. The van der Waals surface area contributed by atoms with Crippen LogP contribution in [0, 0.1) is 0 Å². The van der Waals surface area contributed by atoms with Gasteiger partial charge in [0.05, 0.1) is 11.9 Å². The number of aromatic nitrogens is 2. The maximum absolute atomic E-state index is 11.7. The second-order valence-electron chi connectivity index (χ2n) is 4.07. The molecule has 0 bridgehead atoms. The summed E-state index contributed by atoms with van der Waals surface area (Å²) >= 11 is 3.35. The first-order valence-electron chi connectivity index (χ1n) is 5.29. The van der Waals surface area contributed by atoms with E-state index >= 15 is 0 Å². The van der Waals surface area contributed by atoms with Gasteiger partial charge in [-0.05, 0) is 22.9 Å². The van der Waals surface area contributed by atoms with Gasteiger partial charge in [-0.25, -0.2) is 4.68 Å². The summed E-state index contributed by atoms with van der Waals surface area (Å²) in [6.07, 6.45) is 1.74. The molecule has 16 heavy (non-hydrogen) atoms. The summed E-state index contributed by atoms with van der Waals surface area (Å²) in [6.45, 7) is 4.86. The van der Waals surface area contributed by atoms with Crippen molar-refractivity contribution in [2.24, 2.45) is 7.05 Å². The molecule has 0 amide bonds. The zero-order chi connectivity index (χ0) is 11.7. The summed E-state index contributed by atoms with van der Waals surface area (Å²) in [7, 11) is 1.65. The van der Waals surface area contributed by atoms with Crippen LogP contribution in [-0.4, -0.2) is 35.5 Å². The Morgan fingerprint density at radius 2 is 2.38 bits per heavy atom. The normalized spacial score (nSPS) is 21.2. The van der Waals surface area contributed by atoms with E-state index in [2.05, 4.69) is 38.2 Å². The predicted molar refractivity (Wildman–Crippen MR) is 66.9 cm³/mol. The fourth-order valence-corrected chi connectivity index (χ4v) is 2.48. The van der Waals surface area contributed by atoms with Crippen molar-refractivity contribution in [3.63, 3.8) is 0 Å². The number of halogens is 1.